The van der Waals surface area contributed by atoms with Gasteiger partial charge in [-0.05, 0) is 43.5 Å². The number of benzene rings is 1. The van der Waals surface area contributed by atoms with Crippen LogP contribution >= 0.6 is 0 Å². The summed E-state index contributed by atoms with van der Waals surface area (Å²) in [6.07, 6.45) is -2.16. The van der Waals surface area contributed by atoms with Gasteiger partial charge in [0.15, 0.2) is 0 Å². The first-order chi connectivity index (χ1) is 13.6. The number of carbonyl (C=O) groups is 1. The summed E-state index contributed by atoms with van der Waals surface area (Å²) in [6, 6.07) is 6.04. The summed E-state index contributed by atoms with van der Waals surface area (Å²) in [5.41, 5.74) is -0.559. The van der Waals surface area contributed by atoms with E-state index in [1.165, 1.54) is 0 Å². The zero-order chi connectivity index (χ0) is 21.2. The number of nitro groups is 1. The fraction of sp³-hybridized carbons (Fsp3) is 0.368. The molecule has 1 fully saturated rings. The van der Waals surface area contributed by atoms with E-state index in [1.807, 2.05) is 13.0 Å². The van der Waals surface area contributed by atoms with Crippen LogP contribution in [0.5, 0.6) is 0 Å². The lowest BCUT2D eigenvalue weighted by Crippen LogP contribution is -2.38. The number of amides is 1. The highest BCUT2D eigenvalue weighted by Crippen LogP contribution is 2.37. The van der Waals surface area contributed by atoms with Gasteiger partial charge in [-0.15, -0.1) is 0 Å². The first-order valence-corrected chi connectivity index (χ1v) is 8.99. The van der Waals surface area contributed by atoms with Gasteiger partial charge >= 0.3 is 6.18 Å². The monoisotopic (exact) mass is 408 g/mol. The van der Waals surface area contributed by atoms with E-state index in [0.717, 1.165) is 17.7 Å². The predicted molar refractivity (Wildman–Crippen MR) is 101 cm³/mol. The van der Waals surface area contributed by atoms with Gasteiger partial charge in [0.2, 0.25) is 5.91 Å². The second-order valence-electron chi connectivity index (χ2n) is 6.93. The Morgan fingerprint density at radius 1 is 1.24 bits per heavy atom. The van der Waals surface area contributed by atoms with Gasteiger partial charge in [-0.25, -0.2) is 4.98 Å². The minimum atomic E-state index is -4.65. The number of carbonyl (C=O) groups excluding carboxylic acids is 1. The van der Waals surface area contributed by atoms with Gasteiger partial charge in [-0.2, -0.15) is 13.2 Å². The van der Waals surface area contributed by atoms with Crippen molar-refractivity contribution in [1.82, 2.24) is 4.98 Å². The quantitative estimate of drug-likeness (QED) is 0.606. The second-order valence-corrected chi connectivity index (χ2v) is 6.93. The summed E-state index contributed by atoms with van der Waals surface area (Å²) in [4.78, 5) is 28.7. The zero-order valence-electron chi connectivity index (χ0n) is 15.6. The lowest BCUT2D eigenvalue weighted by atomic mass is 9.95. The van der Waals surface area contributed by atoms with Crippen molar-refractivity contribution in [3.05, 3.63) is 57.8 Å². The number of piperidine rings is 1. The lowest BCUT2D eigenvalue weighted by Gasteiger charge is -2.32. The summed E-state index contributed by atoms with van der Waals surface area (Å²) in [5.74, 6) is -0.0489. The minimum absolute atomic E-state index is 0.127. The maximum atomic E-state index is 12.9. The number of aromatic nitrogens is 1. The standard InChI is InChI=1S/C19H19F3N4O3/c1-12-2-5-17(23-11-12)24-18(27)13-6-8-25(9-7-13)15-4-3-14(19(20,21)22)10-16(15)26(28)29/h2-5,10-11,13H,6-9H2,1H3,(H,23,24,27). The van der Waals surface area contributed by atoms with Crippen molar-refractivity contribution in [2.75, 3.05) is 23.3 Å². The fourth-order valence-corrected chi connectivity index (χ4v) is 3.27. The Labute approximate surface area is 164 Å². The summed E-state index contributed by atoms with van der Waals surface area (Å²) >= 11 is 0. The molecule has 154 valence electrons. The average Bonchev–Trinajstić information content (AvgIpc) is 2.68. The largest absolute Gasteiger partial charge is 0.416 e. The fourth-order valence-electron chi connectivity index (χ4n) is 3.27. The summed E-state index contributed by atoms with van der Waals surface area (Å²) in [7, 11) is 0. The molecule has 0 unspecified atom stereocenters. The van der Waals surface area contributed by atoms with E-state index in [4.69, 9.17) is 0 Å². The molecule has 1 saturated heterocycles. The first-order valence-electron chi connectivity index (χ1n) is 8.99. The molecule has 1 N–H and O–H groups in total. The van der Waals surface area contributed by atoms with Crippen LogP contribution in [0.4, 0.5) is 30.4 Å². The van der Waals surface area contributed by atoms with E-state index >= 15 is 0 Å². The van der Waals surface area contributed by atoms with Crippen LogP contribution in [-0.4, -0.2) is 28.9 Å². The number of hydrogen-bond donors (Lipinski definition) is 1. The molecule has 1 aliphatic rings. The lowest BCUT2D eigenvalue weighted by molar-refractivity contribution is -0.384. The normalized spacial score (nSPS) is 15.2. The average molecular weight is 408 g/mol. The Balaban J connectivity index is 1.68. The first kappa shape index (κ1) is 20.6. The molecule has 10 heteroatoms. The highest BCUT2D eigenvalue weighted by atomic mass is 19.4. The van der Waals surface area contributed by atoms with E-state index in [0.29, 0.717) is 37.8 Å². The van der Waals surface area contributed by atoms with Crippen LogP contribution in [0.3, 0.4) is 0 Å². The third-order valence-corrected chi connectivity index (χ3v) is 4.87. The summed E-state index contributed by atoms with van der Waals surface area (Å²) in [5, 5.41) is 14.0. The SMILES string of the molecule is Cc1ccc(NC(=O)C2CCN(c3ccc(C(F)(F)F)cc3[N+](=O)[O-])CC2)nc1. The van der Waals surface area contributed by atoms with Crippen LogP contribution in [0.25, 0.3) is 0 Å². The Bertz CT molecular complexity index is 908. The van der Waals surface area contributed by atoms with Gasteiger partial charge in [-0.1, -0.05) is 6.07 Å². The van der Waals surface area contributed by atoms with Crippen LogP contribution in [0.2, 0.25) is 0 Å². The Hall–Kier alpha value is -3.17. The molecule has 3 rings (SSSR count). The Kier molecular flexibility index (Phi) is 5.71. The van der Waals surface area contributed by atoms with Crippen LogP contribution < -0.4 is 10.2 Å². The Morgan fingerprint density at radius 2 is 1.93 bits per heavy atom. The number of nitro benzene ring substituents is 1. The van der Waals surface area contributed by atoms with Crippen molar-refractivity contribution in [2.24, 2.45) is 5.92 Å². The van der Waals surface area contributed by atoms with Gasteiger partial charge in [0, 0.05) is 31.3 Å². The van der Waals surface area contributed by atoms with Crippen molar-refractivity contribution in [1.29, 1.82) is 0 Å². The molecule has 29 heavy (non-hydrogen) atoms. The number of nitrogens with zero attached hydrogens (tertiary/aromatic N) is 3. The molecule has 1 amide bonds. The van der Waals surface area contributed by atoms with E-state index in [-0.39, 0.29) is 17.5 Å². The Morgan fingerprint density at radius 3 is 2.48 bits per heavy atom. The molecule has 2 aromatic rings. The molecule has 1 aromatic heterocycles. The predicted octanol–water partition coefficient (Wildman–Crippen LogP) is 4.17. The summed E-state index contributed by atoms with van der Waals surface area (Å²) < 4.78 is 38.6. The van der Waals surface area contributed by atoms with Crippen molar-refractivity contribution >= 4 is 23.1 Å². The van der Waals surface area contributed by atoms with Crippen molar-refractivity contribution in [3.63, 3.8) is 0 Å². The maximum Gasteiger partial charge on any atom is 0.416 e. The number of hydrogen-bond acceptors (Lipinski definition) is 5. The molecule has 0 radical (unpaired) electrons. The van der Waals surface area contributed by atoms with Gasteiger partial charge in [0.05, 0.1) is 10.5 Å². The van der Waals surface area contributed by atoms with Gasteiger partial charge < -0.3 is 10.2 Å². The summed E-state index contributed by atoms with van der Waals surface area (Å²) in [6.45, 7) is 2.53. The van der Waals surface area contributed by atoms with E-state index in [1.54, 1.807) is 17.2 Å². The number of pyridine rings is 1. The molecule has 0 atom stereocenters. The molecule has 0 spiro atoms. The molecule has 1 aliphatic heterocycles. The number of rotatable bonds is 4. The van der Waals surface area contributed by atoms with Gasteiger partial charge in [0.1, 0.15) is 11.5 Å². The number of nitrogens with one attached hydrogen (secondary N) is 1. The van der Waals surface area contributed by atoms with Crippen LogP contribution in [0.15, 0.2) is 36.5 Å². The maximum absolute atomic E-state index is 12.9. The molecule has 7 nitrogen and oxygen atoms in total. The molecule has 2 heterocycles. The van der Waals surface area contributed by atoms with Crippen molar-refractivity contribution in [3.8, 4) is 0 Å². The second kappa shape index (κ2) is 8.06. The van der Waals surface area contributed by atoms with Gasteiger partial charge in [-0.3, -0.25) is 14.9 Å². The molecule has 1 aromatic carbocycles. The van der Waals surface area contributed by atoms with Crippen molar-refractivity contribution in [2.45, 2.75) is 25.9 Å². The van der Waals surface area contributed by atoms with E-state index in [9.17, 15) is 28.1 Å². The van der Waals surface area contributed by atoms with Crippen LogP contribution in [0.1, 0.15) is 24.0 Å². The highest BCUT2D eigenvalue weighted by molar-refractivity contribution is 5.91. The van der Waals surface area contributed by atoms with E-state index < -0.39 is 22.4 Å². The van der Waals surface area contributed by atoms with Crippen LogP contribution in [-0.2, 0) is 11.0 Å². The molecule has 0 bridgehead atoms. The number of halogens is 3. The minimum Gasteiger partial charge on any atom is -0.366 e. The zero-order valence-corrected chi connectivity index (χ0v) is 15.6. The number of alkyl halides is 3. The topological polar surface area (TPSA) is 88.4 Å². The molecule has 0 aliphatic carbocycles. The van der Waals surface area contributed by atoms with E-state index in [2.05, 4.69) is 10.3 Å². The highest BCUT2D eigenvalue weighted by Gasteiger charge is 2.35. The molecular weight excluding hydrogens is 389 g/mol. The van der Waals surface area contributed by atoms with Crippen molar-refractivity contribution < 1.29 is 22.9 Å². The third-order valence-electron chi connectivity index (χ3n) is 4.87. The third kappa shape index (κ3) is 4.82. The molecule has 0 saturated carbocycles. The number of aryl methyl sites for hydroxylation is 1. The van der Waals surface area contributed by atoms with Crippen LogP contribution in [0, 0.1) is 23.0 Å². The molecular formula is C19H19F3N4O3. The van der Waals surface area contributed by atoms with Gasteiger partial charge in [0.25, 0.3) is 5.69 Å². The number of anilines is 2. The smallest absolute Gasteiger partial charge is 0.366 e.